The van der Waals surface area contributed by atoms with Crippen molar-refractivity contribution in [1.82, 2.24) is 31.5 Å². The molecule has 1 rings (SSSR count). The highest BCUT2D eigenvalue weighted by molar-refractivity contribution is 6.00. The van der Waals surface area contributed by atoms with Gasteiger partial charge in [-0.1, -0.05) is 12.1 Å². The number of anilines is 1. The van der Waals surface area contributed by atoms with Gasteiger partial charge in [-0.15, -0.1) is 0 Å². The van der Waals surface area contributed by atoms with Crippen LogP contribution in [0.15, 0.2) is 24.3 Å². The quantitative estimate of drug-likeness (QED) is 0.0892. The Morgan fingerprint density at radius 3 is 1.96 bits per heavy atom. The third-order valence-corrected chi connectivity index (χ3v) is 6.08. The zero-order chi connectivity index (χ0) is 34.2. The first-order valence-electron chi connectivity index (χ1n) is 14.4. The summed E-state index contributed by atoms with van der Waals surface area (Å²) in [7, 11) is 7.08. The minimum Gasteiger partial charge on any atom is -0.445 e. The van der Waals surface area contributed by atoms with Gasteiger partial charge in [-0.25, -0.2) is 4.79 Å². The third kappa shape index (κ3) is 16.6. The first-order valence-corrected chi connectivity index (χ1v) is 14.4. The van der Waals surface area contributed by atoms with Crippen molar-refractivity contribution in [3.05, 3.63) is 29.8 Å². The van der Waals surface area contributed by atoms with E-state index in [0.29, 0.717) is 28.8 Å². The molecule has 0 aromatic heterocycles. The molecule has 2 atom stereocenters. The van der Waals surface area contributed by atoms with Crippen molar-refractivity contribution in [1.29, 1.82) is 0 Å². The lowest BCUT2D eigenvalue weighted by Crippen LogP contribution is -2.50. The molecule has 0 saturated carbocycles. The van der Waals surface area contributed by atoms with Crippen LogP contribution in [0.3, 0.4) is 0 Å². The second-order valence-corrected chi connectivity index (χ2v) is 11.4. The Balaban J connectivity index is 2.50. The molecular weight excluding hydrogens is 588 g/mol. The number of benzene rings is 1. The molecule has 250 valence electrons. The highest BCUT2D eigenvalue weighted by Gasteiger charge is 2.23. The van der Waals surface area contributed by atoms with Crippen LogP contribution >= 0.6 is 0 Å². The second-order valence-electron chi connectivity index (χ2n) is 11.4. The van der Waals surface area contributed by atoms with E-state index in [1.54, 1.807) is 29.2 Å². The minimum absolute atomic E-state index is 0.0390. The summed E-state index contributed by atoms with van der Waals surface area (Å²) >= 11 is 0. The molecule has 6 N–H and O–H groups in total. The number of likely N-dealkylation sites (N-methyl/N-ethyl adjacent to an activating group) is 1. The molecular formula is C29H47N8O8+. The van der Waals surface area contributed by atoms with Gasteiger partial charge in [-0.2, -0.15) is 0 Å². The summed E-state index contributed by atoms with van der Waals surface area (Å²) < 4.78 is 5.68. The fourth-order valence-electron chi connectivity index (χ4n) is 3.66. The number of alkyl carbamates (subject to hydrolysis) is 1. The Kier molecular flexibility index (Phi) is 16.0. The number of rotatable bonds is 17. The van der Waals surface area contributed by atoms with E-state index in [9.17, 15) is 33.6 Å². The van der Waals surface area contributed by atoms with Crippen LogP contribution in [-0.4, -0.2) is 124 Å². The molecule has 7 amide bonds. The molecule has 0 heterocycles. The van der Waals surface area contributed by atoms with Gasteiger partial charge < -0.3 is 46.0 Å². The van der Waals surface area contributed by atoms with Crippen molar-refractivity contribution >= 4 is 47.2 Å². The van der Waals surface area contributed by atoms with E-state index < -0.39 is 48.2 Å². The maximum Gasteiger partial charge on any atom is 0.407 e. The number of carbonyl (C=O) groups excluding carboxylic acids is 7. The molecule has 2 unspecified atom stereocenters. The SMILES string of the molecule is CNC(=O)CC(=O)NC(C)C(=O)NC(C)C(=O)Nc1ccc(COC(=O)NCCN(CCNC(C)=O)C(=O)C[N+](C)(C)C)cc1. The number of carbonyl (C=O) groups is 7. The molecule has 0 aliphatic rings. The van der Waals surface area contributed by atoms with Gasteiger partial charge in [0.2, 0.25) is 29.5 Å². The first-order chi connectivity index (χ1) is 21.0. The topological polar surface area (TPSA) is 204 Å². The normalized spacial score (nSPS) is 12.1. The number of nitrogens with one attached hydrogen (secondary N) is 6. The number of nitrogens with zero attached hydrogens (tertiary/aromatic N) is 2. The first kappa shape index (κ1) is 38.3. The molecule has 1 aromatic carbocycles. The summed E-state index contributed by atoms with van der Waals surface area (Å²) in [5.74, 6) is -2.51. The fraction of sp³-hybridized carbons (Fsp3) is 0.552. The van der Waals surface area contributed by atoms with Gasteiger partial charge >= 0.3 is 6.09 Å². The molecule has 0 radical (unpaired) electrons. The van der Waals surface area contributed by atoms with Crippen molar-refractivity contribution in [2.45, 2.75) is 45.9 Å². The average molecular weight is 636 g/mol. The number of ether oxygens (including phenoxy) is 1. The standard InChI is InChI=1S/C29H46N8O8/c1-19(33-25(40)16-24(39)30-4)27(42)34-20(2)28(43)35-23-10-8-22(9-11-23)18-45-29(44)32-13-15-36(14-12-31-21(3)38)26(41)17-37(5,6)7/h8-11,19-20H,12-18H2,1-7H3,(H5-,30,31,32,33,34,35,38,39,40,42,43,44)/p+1. The Morgan fingerprint density at radius 1 is 0.822 bits per heavy atom. The summed E-state index contributed by atoms with van der Waals surface area (Å²) in [6.45, 7) is 5.53. The van der Waals surface area contributed by atoms with Gasteiger partial charge in [0.1, 0.15) is 25.1 Å². The zero-order valence-electron chi connectivity index (χ0n) is 27.1. The summed E-state index contributed by atoms with van der Waals surface area (Å²) in [4.78, 5) is 85.6. The molecule has 0 spiro atoms. The van der Waals surface area contributed by atoms with Gasteiger partial charge in [0.15, 0.2) is 6.54 Å². The van der Waals surface area contributed by atoms with Crippen molar-refractivity contribution in [2.75, 3.05) is 66.2 Å². The summed E-state index contributed by atoms with van der Waals surface area (Å²) in [5, 5.41) is 15.1. The van der Waals surface area contributed by atoms with Crippen LogP contribution in [-0.2, 0) is 40.1 Å². The molecule has 0 saturated heterocycles. The Bertz CT molecular complexity index is 1200. The molecule has 0 aliphatic heterocycles. The number of hydrogen-bond acceptors (Lipinski definition) is 8. The van der Waals surface area contributed by atoms with Crippen LogP contribution in [0.4, 0.5) is 10.5 Å². The van der Waals surface area contributed by atoms with E-state index in [0.717, 1.165) is 0 Å². The maximum absolute atomic E-state index is 12.7. The molecule has 1 aromatic rings. The van der Waals surface area contributed by atoms with E-state index in [-0.39, 0.29) is 38.1 Å². The van der Waals surface area contributed by atoms with Crippen LogP contribution < -0.4 is 31.9 Å². The average Bonchev–Trinajstić information content (AvgIpc) is 2.94. The molecule has 16 nitrogen and oxygen atoms in total. The minimum atomic E-state index is -0.960. The van der Waals surface area contributed by atoms with Gasteiger partial charge in [0, 0.05) is 45.8 Å². The third-order valence-electron chi connectivity index (χ3n) is 6.08. The van der Waals surface area contributed by atoms with Crippen molar-refractivity contribution in [3.63, 3.8) is 0 Å². The van der Waals surface area contributed by atoms with E-state index in [2.05, 4.69) is 31.9 Å². The van der Waals surface area contributed by atoms with Gasteiger partial charge in [-0.05, 0) is 31.5 Å². The Morgan fingerprint density at radius 2 is 1.40 bits per heavy atom. The van der Waals surface area contributed by atoms with Gasteiger partial charge in [0.05, 0.1) is 21.1 Å². The lowest BCUT2D eigenvalue weighted by molar-refractivity contribution is -0.862. The van der Waals surface area contributed by atoms with Crippen molar-refractivity contribution in [2.24, 2.45) is 0 Å². The summed E-state index contributed by atoms with van der Waals surface area (Å²) in [5.41, 5.74) is 1.10. The predicted octanol–water partition coefficient (Wildman–Crippen LogP) is -1.33. The monoisotopic (exact) mass is 635 g/mol. The maximum atomic E-state index is 12.7. The Labute approximate surface area is 263 Å². The zero-order valence-corrected chi connectivity index (χ0v) is 27.1. The van der Waals surface area contributed by atoms with E-state index in [4.69, 9.17) is 4.74 Å². The number of quaternary nitrogens is 1. The number of hydrogen-bond donors (Lipinski definition) is 6. The fourth-order valence-corrected chi connectivity index (χ4v) is 3.66. The highest BCUT2D eigenvalue weighted by atomic mass is 16.5. The van der Waals surface area contributed by atoms with Crippen LogP contribution in [0, 0.1) is 0 Å². The van der Waals surface area contributed by atoms with E-state index in [1.165, 1.54) is 27.8 Å². The lowest BCUT2D eigenvalue weighted by Gasteiger charge is -2.28. The largest absolute Gasteiger partial charge is 0.445 e. The lowest BCUT2D eigenvalue weighted by atomic mass is 10.2. The van der Waals surface area contributed by atoms with E-state index >= 15 is 0 Å². The van der Waals surface area contributed by atoms with Gasteiger partial charge in [0.25, 0.3) is 5.91 Å². The van der Waals surface area contributed by atoms with Gasteiger partial charge in [-0.3, -0.25) is 28.8 Å². The highest BCUT2D eigenvalue weighted by Crippen LogP contribution is 2.11. The Hall–Kier alpha value is -4.73. The molecule has 45 heavy (non-hydrogen) atoms. The molecule has 0 fully saturated rings. The molecule has 0 bridgehead atoms. The second kappa shape index (κ2) is 18.8. The molecule has 0 aliphatic carbocycles. The predicted molar refractivity (Wildman–Crippen MR) is 165 cm³/mol. The smallest absolute Gasteiger partial charge is 0.407 e. The van der Waals surface area contributed by atoms with Crippen LogP contribution in [0.25, 0.3) is 0 Å². The van der Waals surface area contributed by atoms with Crippen LogP contribution in [0.2, 0.25) is 0 Å². The van der Waals surface area contributed by atoms with Crippen LogP contribution in [0.5, 0.6) is 0 Å². The number of amides is 7. The summed E-state index contributed by atoms with van der Waals surface area (Å²) in [6.07, 6.45) is -1.09. The van der Waals surface area contributed by atoms with Crippen LogP contribution in [0.1, 0.15) is 32.8 Å². The molecule has 16 heteroatoms. The summed E-state index contributed by atoms with van der Waals surface area (Å²) in [6, 6.07) is 4.64. The van der Waals surface area contributed by atoms with Crippen molar-refractivity contribution in [3.8, 4) is 0 Å². The van der Waals surface area contributed by atoms with E-state index in [1.807, 2.05) is 21.1 Å². The van der Waals surface area contributed by atoms with Crippen molar-refractivity contribution < 1.29 is 42.8 Å².